The third kappa shape index (κ3) is 9.69. The predicted molar refractivity (Wildman–Crippen MR) is 230 cm³/mol. The third-order valence-electron chi connectivity index (χ3n) is 11.9. The number of aliphatic hydroxyl groups is 1. The number of nitro benzene ring substituents is 1. The summed E-state index contributed by atoms with van der Waals surface area (Å²) in [6.07, 6.45) is -2.05. The SMILES string of the molecule is C[C@H]1[C@@H](CN2CCN(c3ccc([N+](=O)[O-])cc3)CC2)O[C@@H](c2ccc(-c3ccccc3CN3C(=O)CC(NC(=O)OCc4ccccc4)C3=O)cc2)O[C@H]1c1ccc(CO)cc1. The molecular weight excluding hydrogens is 791 g/mol. The van der Waals surface area contributed by atoms with E-state index >= 15 is 0 Å². The molecule has 0 radical (unpaired) electrons. The van der Waals surface area contributed by atoms with Gasteiger partial charge in [0.05, 0.1) is 36.7 Å². The van der Waals surface area contributed by atoms with Gasteiger partial charge in [0.1, 0.15) is 12.6 Å². The summed E-state index contributed by atoms with van der Waals surface area (Å²) in [4.78, 5) is 55.6. The smallest absolute Gasteiger partial charge is 0.408 e. The number of amides is 3. The number of carbonyl (C=O) groups excluding carboxylic acids is 3. The lowest BCUT2D eigenvalue weighted by Gasteiger charge is -2.44. The normalized spacial score (nSPS) is 21.8. The van der Waals surface area contributed by atoms with Gasteiger partial charge >= 0.3 is 6.09 Å². The fourth-order valence-electron chi connectivity index (χ4n) is 8.36. The molecule has 5 aromatic carbocycles. The maximum atomic E-state index is 13.4. The van der Waals surface area contributed by atoms with Gasteiger partial charge in [-0.15, -0.1) is 0 Å². The van der Waals surface area contributed by atoms with Crippen molar-refractivity contribution in [2.75, 3.05) is 37.6 Å². The van der Waals surface area contributed by atoms with Gasteiger partial charge in [-0.3, -0.25) is 29.5 Å². The number of benzene rings is 5. The number of carbonyl (C=O) groups is 3. The second-order valence-electron chi connectivity index (χ2n) is 15.9. The molecule has 5 atom stereocenters. The van der Waals surface area contributed by atoms with Gasteiger partial charge in [-0.2, -0.15) is 0 Å². The van der Waals surface area contributed by atoms with Gasteiger partial charge in [-0.1, -0.05) is 110 Å². The largest absolute Gasteiger partial charge is 0.445 e. The van der Waals surface area contributed by atoms with Crippen LogP contribution in [0.3, 0.4) is 0 Å². The quantitative estimate of drug-likeness (QED) is 0.0719. The van der Waals surface area contributed by atoms with E-state index in [1.165, 1.54) is 4.90 Å². The first kappa shape index (κ1) is 42.2. The molecule has 0 aliphatic carbocycles. The highest BCUT2D eigenvalue weighted by Gasteiger charge is 2.41. The van der Waals surface area contributed by atoms with E-state index in [9.17, 15) is 29.6 Å². The van der Waals surface area contributed by atoms with Crippen LogP contribution in [0.25, 0.3) is 11.1 Å². The number of imide groups is 1. The zero-order valence-electron chi connectivity index (χ0n) is 34.4. The van der Waals surface area contributed by atoms with Crippen LogP contribution in [0.2, 0.25) is 0 Å². The zero-order chi connectivity index (χ0) is 43.2. The summed E-state index contributed by atoms with van der Waals surface area (Å²) in [6.45, 7) is 6.01. The molecular formula is C48H49N5O9. The summed E-state index contributed by atoms with van der Waals surface area (Å²) in [5.41, 5.74) is 6.99. The number of nitrogens with zero attached hydrogens (tertiary/aromatic N) is 4. The predicted octanol–water partition coefficient (Wildman–Crippen LogP) is 6.92. The Kier molecular flexibility index (Phi) is 13.0. The van der Waals surface area contributed by atoms with Crippen molar-refractivity contribution in [3.63, 3.8) is 0 Å². The number of hydrogen-bond donors (Lipinski definition) is 2. The van der Waals surface area contributed by atoms with Crippen LogP contribution in [0.15, 0.2) is 127 Å². The molecule has 0 saturated carbocycles. The number of piperazine rings is 1. The van der Waals surface area contributed by atoms with Crippen molar-refractivity contribution < 1.29 is 38.6 Å². The molecule has 0 spiro atoms. The molecule has 14 nitrogen and oxygen atoms in total. The minimum absolute atomic E-state index is 0.00387. The molecule has 2 N–H and O–H groups in total. The Morgan fingerprint density at radius 2 is 1.50 bits per heavy atom. The van der Waals surface area contributed by atoms with Crippen LogP contribution < -0.4 is 10.2 Å². The summed E-state index contributed by atoms with van der Waals surface area (Å²) in [5.74, 6) is -0.870. The Balaban J connectivity index is 0.942. The third-order valence-corrected chi connectivity index (χ3v) is 11.9. The number of rotatable bonds is 13. The topological polar surface area (TPSA) is 164 Å². The number of non-ortho nitro benzene ring substituents is 1. The summed E-state index contributed by atoms with van der Waals surface area (Å²) in [5, 5.41) is 23.4. The van der Waals surface area contributed by atoms with E-state index in [0.717, 1.165) is 70.8 Å². The molecule has 5 aromatic rings. The summed E-state index contributed by atoms with van der Waals surface area (Å²) in [6, 6.07) is 38.2. The number of alkyl carbamates (subject to hydrolysis) is 1. The summed E-state index contributed by atoms with van der Waals surface area (Å²) >= 11 is 0. The van der Waals surface area contributed by atoms with Gasteiger partial charge in [0, 0.05) is 62.0 Å². The monoisotopic (exact) mass is 839 g/mol. The van der Waals surface area contributed by atoms with E-state index in [4.69, 9.17) is 14.2 Å². The fraction of sp³-hybridized carbons (Fsp3) is 0.312. The average Bonchev–Trinajstić information content (AvgIpc) is 3.56. The maximum Gasteiger partial charge on any atom is 0.408 e. The first-order valence-electron chi connectivity index (χ1n) is 20.9. The molecule has 8 rings (SSSR count). The van der Waals surface area contributed by atoms with E-state index in [-0.39, 0.29) is 60.8 Å². The first-order chi connectivity index (χ1) is 30.1. The van der Waals surface area contributed by atoms with Crippen LogP contribution in [-0.2, 0) is 43.6 Å². The molecule has 0 aromatic heterocycles. The van der Waals surface area contributed by atoms with Gasteiger partial charge in [0.25, 0.3) is 11.6 Å². The highest BCUT2D eigenvalue weighted by atomic mass is 16.7. The molecule has 0 bridgehead atoms. The Morgan fingerprint density at radius 1 is 0.823 bits per heavy atom. The number of ether oxygens (including phenoxy) is 3. The molecule has 14 heteroatoms. The van der Waals surface area contributed by atoms with Gasteiger partial charge in [-0.25, -0.2) is 4.79 Å². The molecule has 3 aliphatic rings. The molecule has 1 unspecified atom stereocenters. The second kappa shape index (κ2) is 19.1. The summed E-state index contributed by atoms with van der Waals surface area (Å²) in [7, 11) is 0. The highest BCUT2D eigenvalue weighted by Crippen LogP contribution is 2.42. The van der Waals surface area contributed by atoms with Crippen LogP contribution in [0.1, 0.15) is 53.6 Å². The standard InChI is InChI=1S/C48H49N5O9/c1-32-43(29-50-23-25-51(26-24-50)39-19-21-40(22-20-39)53(58)59)61-47(62-45(32)36-13-11-33(30-54)12-14-36)37-17-15-35(16-18-37)41-10-6-5-9-38(41)28-52-44(55)27-42(46(52)56)49-48(57)60-31-34-7-3-2-4-8-34/h2-22,32,42-43,45,47,54H,23-31H2,1H3,(H,49,57)/t32-,42?,43+,45+,47+/m0/s1. The number of nitro groups is 1. The van der Waals surface area contributed by atoms with Crippen LogP contribution in [0, 0.1) is 16.0 Å². The van der Waals surface area contributed by atoms with Crippen LogP contribution in [-0.4, -0.2) is 82.6 Å². The Bertz CT molecular complexity index is 2350. The zero-order valence-corrected chi connectivity index (χ0v) is 34.4. The van der Waals surface area contributed by atoms with Crippen molar-refractivity contribution in [2.45, 2.75) is 57.6 Å². The molecule has 3 amide bonds. The van der Waals surface area contributed by atoms with Gasteiger partial charge in [-0.05, 0) is 45.5 Å². The number of aliphatic hydroxyl groups excluding tert-OH is 1. The van der Waals surface area contributed by atoms with Crippen LogP contribution >= 0.6 is 0 Å². The van der Waals surface area contributed by atoms with E-state index < -0.39 is 24.3 Å². The molecule has 3 aliphatic heterocycles. The number of anilines is 1. The number of hydrogen-bond acceptors (Lipinski definition) is 11. The lowest BCUT2D eigenvalue weighted by atomic mass is 9.89. The Labute approximate surface area is 359 Å². The highest BCUT2D eigenvalue weighted by molar-refractivity contribution is 6.06. The van der Waals surface area contributed by atoms with Crippen molar-refractivity contribution >= 4 is 29.3 Å². The first-order valence-corrected chi connectivity index (χ1v) is 20.9. The second-order valence-corrected chi connectivity index (χ2v) is 15.9. The van der Waals surface area contributed by atoms with Gasteiger partial charge in [0.15, 0.2) is 6.29 Å². The number of nitrogens with one attached hydrogen (secondary N) is 1. The minimum atomic E-state index is -1.01. The fourth-order valence-corrected chi connectivity index (χ4v) is 8.36. The van der Waals surface area contributed by atoms with E-state index in [0.29, 0.717) is 6.54 Å². The van der Waals surface area contributed by atoms with Gasteiger partial charge < -0.3 is 29.5 Å². The van der Waals surface area contributed by atoms with Crippen molar-refractivity contribution in [1.29, 1.82) is 0 Å². The molecule has 62 heavy (non-hydrogen) atoms. The minimum Gasteiger partial charge on any atom is -0.445 e. The van der Waals surface area contributed by atoms with E-state index in [1.807, 2.05) is 103 Å². The Morgan fingerprint density at radius 3 is 2.19 bits per heavy atom. The van der Waals surface area contributed by atoms with Crippen molar-refractivity contribution in [3.8, 4) is 11.1 Å². The maximum absolute atomic E-state index is 13.4. The molecule has 3 heterocycles. The molecule has 3 fully saturated rings. The van der Waals surface area contributed by atoms with Crippen molar-refractivity contribution in [2.24, 2.45) is 5.92 Å². The van der Waals surface area contributed by atoms with E-state index in [2.05, 4.69) is 22.0 Å². The van der Waals surface area contributed by atoms with E-state index in [1.54, 1.807) is 24.3 Å². The number of likely N-dealkylation sites (tertiary alicyclic amines) is 1. The Hall–Kier alpha value is -6.45. The molecule has 320 valence electrons. The van der Waals surface area contributed by atoms with Crippen molar-refractivity contribution in [1.82, 2.24) is 15.1 Å². The lowest BCUT2D eigenvalue weighted by Crippen LogP contribution is -2.51. The van der Waals surface area contributed by atoms with Crippen LogP contribution in [0.4, 0.5) is 16.2 Å². The van der Waals surface area contributed by atoms with Crippen LogP contribution in [0.5, 0.6) is 0 Å². The van der Waals surface area contributed by atoms with Crippen molar-refractivity contribution in [3.05, 3.63) is 165 Å². The lowest BCUT2D eigenvalue weighted by molar-refractivity contribution is -0.384. The van der Waals surface area contributed by atoms with Gasteiger partial charge in [0.2, 0.25) is 5.91 Å². The summed E-state index contributed by atoms with van der Waals surface area (Å²) < 4.78 is 18.8. The molecule has 3 saturated heterocycles. The average molecular weight is 840 g/mol.